The first-order valence-corrected chi connectivity index (χ1v) is 5.64. The predicted molar refractivity (Wildman–Crippen MR) is 66.4 cm³/mol. The number of aryl methyl sites for hydroxylation is 1. The number of aromatic nitrogens is 1. The first-order chi connectivity index (χ1) is 8.50. The Labute approximate surface area is 104 Å². The number of hydrogen-bond donors (Lipinski definition) is 1. The molecule has 94 valence electrons. The predicted octanol–water partition coefficient (Wildman–Crippen LogP) is 2.99. The first-order valence-electron chi connectivity index (χ1n) is 5.64. The van der Waals surface area contributed by atoms with Crippen molar-refractivity contribution in [3.8, 4) is 0 Å². The largest absolute Gasteiger partial charge is 0.478 e. The molecule has 1 heterocycles. The van der Waals surface area contributed by atoms with E-state index in [0.717, 1.165) is 5.69 Å². The summed E-state index contributed by atoms with van der Waals surface area (Å²) in [5.74, 6) is -1.23. The number of nitrogens with zero attached hydrogens (tertiary/aromatic N) is 1. The van der Waals surface area contributed by atoms with Crippen LogP contribution in [0.3, 0.4) is 0 Å². The summed E-state index contributed by atoms with van der Waals surface area (Å²) in [5.41, 5.74) is 2.27. The van der Waals surface area contributed by atoms with Gasteiger partial charge in [0.1, 0.15) is 5.82 Å². The van der Waals surface area contributed by atoms with Gasteiger partial charge in [0.2, 0.25) is 0 Å². The van der Waals surface area contributed by atoms with Gasteiger partial charge < -0.3 is 9.67 Å². The minimum Gasteiger partial charge on any atom is -0.478 e. The second-order valence-electron chi connectivity index (χ2n) is 4.27. The molecule has 0 aliphatic heterocycles. The summed E-state index contributed by atoms with van der Waals surface area (Å²) in [7, 11) is 0. The molecule has 4 heteroatoms. The van der Waals surface area contributed by atoms with Crippen molar-refractivity contribution in [3.05, 3.63) is 58.7 Å². The molecule has 0 fully saturated rings. The maximum Gasteiger partial charge on any atom is 0.337 e. The Morgan fingerprint density at radius 3 is 2.56 bits per heavy atom. The fraction of sp³-hybridized carbons (Fsp3) is 0.214. The van der Waals surface area contributed by atoms with Gasteiger partial charge in [-0.05, 0) is 26.0 Å². The van der Waals surface area contributed by atoms with Crippen LogP contribution in [-0.4, -0.2) is 15.6 Å². The molecule has 1 aromatic heterocycles. The molecule has 0 radical (unpaired) electrons. The summed E-state index contributed by atoms with van der Waals surface area (Å²) in [5, 5.41) is 9.04. The Morgan fingerprint density at radius 2 is 2.00 bits per heavy atom. The highest BCUT2D eigenvalue weighted by atomic mass is 19.1. The molecule has 2 rings (SSSR count). The van der Waals surface area contributed by atoms with E-state index in [0.29, 0.717) is 17.8 Å². The molecule has 0 saturated carbocycles. The van der Waals surface area contributed by atoms with Crippen LogP contribution in [0.1, 0.15) is 27.3 Å². The Bertz CT molecular complexity index is 602. The average Bonchev–Trinajstić information content (AvgIpc) is 2.60. The van der Waals surface area contributed by atoms with E-state index in [-0.39, 0.29) is 11.4 Å². The van der Waals surface area contributed by atoms with E-state index >= 15 is 0 Å². The molecule has 18 heavy (non-hydrogen) atoms. The van der Waals surface area contributed by atoms with Gasteiger partial charge >= 0.3 is 5.97 Å². The molecule has 0 saturated heterocycles. The van der Waals surface area contributed by atoms with Gasteiger partial charge in [0, 0.05) is 17.0 Å². The number of carboxylic acid groups (broad SMARTS) is 1. The van der Waals surface area contributed by atoms with Gasteiger partial charge in [-0.25, -0.2) is 9.18 Å². The fourth-order valence-corrected chi connectivity index (χ4v) is 2.06. The standard InChI is InChI=1S/C14H14FNO2/c1-9-7-12(14(17)18)10(2)16(9)8-11-5-3-4-6-13(11)15/h3-7H,8H2,1-2H3,(H,17,18). The first kappa shape index (κ1) is 12.4. The van der Waals surface area contributed by atoms with E-state index in [9.17, 15) is 9.18 Å². The Balaban J connectivity index is 2.41. The lowest BCUT2D eigenvalue weighted by molar-refractivity contribution is 0.0696. The molecular weight excluding hydrogens is 233 g/mol. The third-order valence-electron chi connectivity index (χ3n) is 3.09. The highest BCUT2D eigenvalue weighted by Gasteiger charge is 2.15. The molecular formula is C14H14FNO2. The number of hydrogen-bond acceptors (Lipinski definition) is 1. The van der Waals surface area contributed by atoms with E-state index in [1.807, 2.05) is 11.5 Å². The molecule has 2 aromatic rings. The lowest BCUT2D eigenvalue weighted by Gasteiger charge is -2.10. The van der Waals surface area contributed by atoms with Crippen LogP contribution < -0.4 is 0 Å². The van der Waals surface area contributed by atoms with Gasteiger partial charge in [-0.2, -0.15) is 0 Å². The summed E-state index contributed by atoms with van der Waals surface area (Å²) in [6.07, 6.45) is 0. The summed E-state index contributed by atoms with van der Waals surface area (Å²) in [6, 6.07) is 8.12. The zero-order valence-electron chi connectivity index (χ0n) is 10.3. The van der Waals surface area contributed by atoms with E-state index in [4.69, 9.17) is 5.11 Å². The molecule has 0 spiro atoms. The molecule has 0 aliphatic carbocycles. The maximum atomic E-state index is 13.6. The van der Waals surface area contributed by atoms with Crippen LogP contribution in [-0.2, 0) is 6.54 Å². The zero-order chi connectivity index (χ0) is 13.3. The number of halogens is 1. The smallest absolute Gasteiger partial charge is 0.337 e. The lowest BCUT2D eigenvalue weighted by atomic mass is 10.2. The second-order valence-corrected chi connectivity index (χ2v) is 4.27. The van der Waals surface area contributed by atoms with E-state index in [1.165, 1.54) is 6.07 Å². The van der Waals surface area contributed by atoms with E-state index in [2.05, 4.69) is 0 Å². The normalized spacial score (nSPS) is 10.6. The van der Waals surface area contributed by atoms with Crippen molar-refractivity contribution >= 4 is 5.97 Å². The number of rotatable bonds is 3. The molecule has 1 aromatic carbocycles. The van der Waals surface area contributed by atoms with Gasteiger partial charge in [0.25, 0.3) is 0 Å². The van der Waals surface area contributed by atoms with Crippen molar-refractivity contribution in [2.75, 3.05) is 0 Å². The molecule has 0 atom stereocenters. The highest BCUT2D eigenvalue weighted by molar-refractivity contribution is 5.89. The Kier molecular flexibility index (Phi) is 3.19. The SMILES string of the molecule is Cc1cc(C(=O)O)c(C)n1Cc1ccccc1F. The quantitative estimate of drug-likeness (QED) is 0.906. The topological polar surface area (TPSA) is 42.2 Å². The van der Waals surface area contributed by atoms with E-state index in [1.54, 1.807) is 31.2 Å². The highest BCUT2D eigenvalue weighted by Crippen LogP contribution is 2.18. The molecule has 0 bridgehead atoms. The maximum absolute atomic E-state index is 13.6. The molecule has 1 N–H and O–H groups in total. The zero-order valence-corrected chi connectivity index (χ0v) is 10.3. The van der Waals surface area contributed by atoms with Gasteiger partial charge in [-0.15, -0.1) is 0 Å². The summed E-state index contributed by atoms with van der Waals surface area (Å²) >= 11 is 0. The van der Waals surface area contributed by atoms with E-state index < -0.39 is 5.97 Å². The van der Waals surface area contributed by atoms with Crippen LogP contribution in [0.15, 0.2) is 30.3 Å². The van der Waals surface area contributed by atoms with Crippen molar-refractivity contribution in [3.63, 3.8) is 0 Å². The molecule has 3 nitrogen and oxygen atoms in total. The average molecular weight is 247 g/mol. The van der Waals surface area contributed by atoms with Gasteiger partial charge in [-0.3, -0.25) is 0 Å². The third-order valence-corrected chi connectivity index (χ3v) is 3.09. The van der Waals surface area contributed by atoms with Crippen molar-refractivity contribution in [1.82, 2.24) is 4.57 Å². The monoisotopic (exact) mass is 247 g/mol. The van der Waals surface area contributed by atoms with Crippen LogP contribution in [0.2, 0.25) is 0 Å². The van der Waals surface area contributed by atoms with Crippen LogP contribution in [0, 0.1) is 19.7 Å². The Hall–Kier alpha value is -2.10. The van der Waals surface area contributed by atoms with Crippen molar-refractivity contribution in [1.29, 1.82) is 0 Å². The third kappa shape index (κ3) is 2.14. The van der Waals surface area contributed by atoms with Gasteiger partial charge in [-0.1, -0.05) is 18.2 Å². The number of aromatic carboxylic acids is 1. The van der Waals surface area contributed by atoms with Gasteiger partial charge in [0.15, 0.2) is 0 Å². The number of benzene rings is 1. The molecule has 0 amide bonds. The summed E-state index contributed by atoms with van der Waals surface area (Å²) in [4.78, 5) is 11.0. The summed E-state index contributed by atoms with van der Waals surface area (Å²) in [6.45, 7) is 3.90. The van der Waals surface area contributed by atoms with Gasteiger partial charge in [0.05, 0.1) is 12.1 Å². The van der Waals surface area contributed by atoms with Crippen LogP contribution in [0.5, 0.6) is 0 Å². The summed E-state index contributed by atoms with van der Waals surface area (Å²) < 4.78 is 15.4. The minimum atomic E-state index is -0.956. The number of carbonyl (C=O) groups is 1. The minimum absolute atomic E-state index is 0.267. The lowest BCUT2D eigenvalue weighted by Crippen LogP contribution is -2.07. The van der Waals surface area contributed by atoms with Crippen molar-refractivity contribution in [2.24, 2.45) is 0 Å². The van der Waals surface area contributed by atoms with Crippen LogP contribution >= 0.6 is 0 Å². The van der Waals surface area contributed by atoms with Crippen LogP contribution in [0.25, 0.3) is 0 Å². The Morgan fingerprint density at radius 1 is 1.33 bits per heavy atom. The molecule has 0 aliphatic rings. The van der Waals surface area contributed by atoms with Crippen molar-refractivity contribution < 1.29 is 14.3 Å². The second kappa shape index (κ2) is 4.64. The molecule has 0 unspecified atom stereocenters. The fourth-order valence-electron chi connectivity index (χ4n) is 2.06. The number of carboxylic acids is 1. The van der Waals surface area contributed by atoms with Crippen molar-refractivity contribution in [2.45, 2.75) is 20.4 Å². The van der Waals surface area contributed by atoms with Crippen LogP contribution in [0.4, 0.5) is 4.39 Å².